The van der Waals surface area contributed by atoms with Crippen molar-refractivity contribution in [3.8, 4) is 0 Å². The van der Waals surface area contributed by atoms with Crippen LogP contribution in [0, 0.1) is 18.6 Å². The van der Waals surface area contributed by atoms with Gasteiger partial charge in [0.15, 0.2) is 11.6 Å². The molecule has 104 valence electrons. The Balaban J connectivity index is 2.19. The summed E-state index contributed by atoms with van der Waals surface area (Å²) in [7, 11) is -0.554. The van der Waals surface area contributed by atoms with E-state index in [1.54, 1.807) is 12.1 Å². The quantitative estimate of drug-likeness (QED) is 0.765. The van der Waals surface area contributed by atoms with Crippen LogP contribution in [0.1, 0.15) is 38.8 Å². The molecule has 0 amide bonds. The van der Waals surface area contributed by atoms with Gasteiger partial charge in [0.1, 0.15) is 0 Å². The van der Waals surface area contributed by atoms with E-state index in [2.05, 4.69) is 0 Å². The number of halogens is 2. The number of aryl methyl sites for hydroxylation is 1. The second-order valence-corrected chi connectivity index (χ2v) is 6.06. The van der Waals surface area contributed by atoms with Gasteiger partial charge in [0.2, 0.25) is 0 Å². The molecule has 2 nitrogen and oxygen atoms in total. The predicted octanol–water partition coefficient (Wildman–Crippen LogP) is 3.45. The van der Waals surface area contributed by atoms with Crippen LogP contribution in [-0.2, 0) is 15.6 Å². The number of hydrogen-bond acceptors (Lipinski definition) is 2. The lowest BCUT2D eigenvalue weighted by Gasteiger charge is -2.32. The first kappa shape index (κ1) is 14.5. The molecule has 2 rings (SSSR count). The average Bonchev–Trinajstić information content (AvgIpc) is 2.48. The van der Waals surface area contributed by atoms with Crippen LogP contribution in [0.5, 0.6) is 0 Å². The SMILES string of the molecule is Cc1ccc(CB2OC(C)(C)C(C)(C)O2)c(F)c1F. The van der Waals surface area contributed by atoms with Crippen molar-refractivity contribution in [1.29, 1.82) is 0 Å². The zero-order valence-electron chi connectivity index (χ0n) is 12.0. The first-order chi connectivity index (χ1) is 8.64. The molecule has 1 fully saturated rings. The summed E-state index contributed by atoms with van der Waals surface area (Å²) >= 11 is 0. The second-order valence-electron chi connectivity index (χ2n) is 6.06. The molecule has 19 heavy (non-hydrogen) atoms. The Bertz CT molecular complexity index is 484. The number of benzene rings is 1. The minimum absolute atomic E-state index is 0.204. The van der Waals surface area contributed by atoms with Crippen molar-refractivity contribution in [3.63, 3.8) is 0 Å². The van der Waals surface area contributed by atoms with E-state index in [1.165, 1.54) is 6.92 Å². The average molecular weight is 268 g/mol. The molecule has 0 radical (unpaired) electrons. The molecule has 0 atom stereocenters. The summed E-state index contributed by atoms with van der Waals surface area (Å²) < 4.78 is 38.9. The van der Waals surface area contributed by atoms with Crippen LogP contribution in [0.4, 0.5) is 8.78 Å². The highest BCUT2D eigenvalue weighted by Gasteiger charge is 2.51. The molecule has 1 aromatic rings. The Morgan fingerprint density at radius 3 is 2.05 bits per heavy atom. The Hall–Kier alpha value is -0.935. The number of hydrogen-bond donors (Lipinski definition) is 0. The van der Waals surface area contributed by atoms with Crippen LogP contribution in [0.15, 0.2) is 12.1 Å². The first-order valence-electron chi connectivity index (χ1n) is 6.43. The fourth-order valence-corrected chi connectivity index (χ4v) is 2.07. The van der Waals surface area contributed by atoms with Gasteiger partial charge in [-0.2, -0.15) is 0 Å². The van der Waals surface area contributed by atoms with Gasteiger partial charge < -0.3 is 9.31 Å². The summed E-state index contributed by atoms with van der Waals surface area (Å²) in [5.41, 5.74) is -0.342. The van der Waals surface area contributed by atoms with Gasteiger partial charge in [0, 0.05) is 6.32 Å². The topological polar surface area (TPSA) is 18.5 Å². The predicted molar refractivity (Wildman–Crippen MR) is 70.9 cm³/mol. The van der Waals surface area contributed by atoms with E-state index < -0.39 is 30.0 Å². The van der Waals surface area contributed by atoms with Crippen LogP contribution in [0.3, 0.4) is 0 Å². The molecular weight excluding hydrogens is 249 g/mol. The van der Waals surface area contributed by atoms with Crippen molar-refractivity contribution in [2.24, 2.45) is 0 Å². The third-order valence-corrected chi connectivity index (χ3v) is 4.04. The van der Waals surface area contributed by atoms with Gasteiger partial charge >= 0.3 is 7.12 Å². The van der Waals surface area contributed by atoms with E-state index in [0.29, 0.717) is 5.56 Å². The fourth-order valence-electron chi connectivity index (χ4n) is 2.07. The van der Waals surface area contributed by atoms with E-state index in [-0.39, 0.29) is 11.9 Å². The van der Waals surface area contributed by atoms with Crippen molar-refractivity contribution in [2.75, 3.05) is 0 Å². The third-order valence-electron chi connectivity index (χ3n) is 4.04. The summed E-state index contributed by atoms with van der Waals surface area (Å²) in [6, 6.07) is 3.15. The molecule has 0 unspecified atom stereocenters. The van der Waals surface area contributed by atoms with E-state index in [0.717, 1.165) is 0 Å². The molecule has 1 aliphatic heterocycles. The largest absolute Gasteiger partial charge is 0.462 e. The van der Waals surface area contributed by atoms with Crippen molar-refractivity contribution in [1.82, 2.24) is 0 Å². The van der Waals surface area contributed by atoms with Gasteiger partial charge in [-0.3, -0.25) is 0 Å². The maximum Gasteiger partial charge on any atom is 0.462 e. The normalized spacial score (nSPS) is 20.9. The third kappa shape index (κ3) is 2.54. The van der Waals surface area contributed by atoms with Gasteiger partial charge in [-0.1, -0.05) is 12.1 Å². The number of rotatable bonds is 2. The molecule has 5 heteroatoms. The lowest BCUT2D eigenvalue weighted by Crippen LogP contribution is -2.41. The van der Waals surface area contributed by atoms with Crippen molar-refractivity contribution >= 4 is 7.12 Å². The van der Waals surface area contributed by atoms with Crippen LogP contribution < -0.4 is 0 Å². The van der Waals surface area contributed by atoms with E-state index in [9.17, 15) is 8.78 Å². The molecule has 1 aliphatic rings. The van der Waals surface area contributed by atoms with Gasteiger partial charge in [-0.15, -0.1) is 0 Å². The summed E-state index contributed by atoms with van der Waals surface area (Å²) in [5.74, 6) is -1.61. The standard InChI is InChI=1S/C14H19BF2O2/c1-9-6-7-10(12(17)11(9)16)8-15-18-13(2,3)14(4,5)19-15/h6-7H,8H2,1-5H3. The van der Waals surface area contributed by atoms with E-state index >= 15 is 0 Å². The van der Waals surface area contributed by atoms with E-state index in [1.807, 2.05) is 27.7 Å². The molecule has 0 spiro atoms. The second kappa shape index (κ2) is 4.56. The summed E-state index contributed by atoms with van der Waals surface area (Å²) in [4.78, 5) is 0. The molecule has 1 saturated heterocycles. The van der Waals surface area contributed by atoms with Crippen LogP contribution in [0.25, 0.3) is 0 Å². The molecular formula is C14H19BF2O2. The van der Waals surface area contributed by atoms with Gasteiger partial charge in [-0.25, -0.2) is 8.78 Å². The lowest BCUT2D eigenvalue weighted by atomic mass is 9.80. The van der Waals surface area contributed by atoms with Gasteiger partial charge in [0.25, 0.3) is 0 Å². The Labute approximate surface area is 113 Å². The molecule has 0 aromatic heterocycles. The maximum atomic E-state index is 13.8. The summed E-state index contributed by atoms with van der Waals surface area (Å²) in [6.45, 7) is 9.26. The fraction of sp³-hybridized carbons (Fsp3) is 0.571. The molecule has 1 aromatic carbocycles. The van der Waals surface area contributed by atoms with Crippen LogP contribution >= 0.6 is 0 Å². The first-order valence-corrected chi connectivity index (χ1v) is 6.43. The minimum Gasteiger partial charge on any atom is -0.403 e. The van der Waals surface area contributed by atoms with Crippen LogP contribution in [-0.4, -0.2) is 18.3 Å². The molecule has 0 aliphatic carbocycles. The van der Waals surface area contributed by atoms with E-state index in [4.69, 9.17) is 9.31 Å². The highest BCUT2D eigenvalue weighted by molar-refractivity contribution is 6.45. The smallest absolute Gasteiger partial charge is 0.403 e. The van der Waals surface area contributed by atoms with Crippen molar-refractivity contribution in [3.05, 3.63) is 34.9 Å². The maximum absolute atomic E-state index is 13.8. The highest BCUT2D eigenvalue weighted by atomic mass is 19.2. The Kier molecular flexibility index (Phi) is 3.48. The molecule has 1 heterocycles. The zero-order valence-corrected chi connectivity index (χ0v) is 12.0. The Morgan fingerprint density at radius 2 is 1.53 bits per heavy atom. The molecule has 0 bridgehead atoms. The highest BCUT2D eigenvalue weighted by Crippen LogP contribution is 2.37. The molecule has 0 saturated carbocycles. The summed E-state index contributed by atoms with van der Waals surface area (Å²) in [6.07, 6.45) is 0.204. The Morgan fingerprint density at radius 1 is 1.00 bits per heavy atom. The molecule has 0 N–H and O–H groups in total. The minimum atomic E-state index is -0.810. The monoisotopic (exact) mass is 268 g/mol. The van der Waals surface area contributed by atoms with Crippen LogP contribution in [0.2, 0.25) is 0 Å². The van der Waals surface area contributed by atoms with Gasteiger partial charge in [0.05, 0.1) is 11.2 Å². The summed E-state index contributed by atoms with van der Waals surface area (Å²) in [5, 5.41) is 0. The van der Waals surface area contributed by atoms with Gasteiger partial charge in [-0.05, 0) is 45.7 Å². The van der Waals surface area contributed by atoms with Crippen molar-refractivity contribution < 1.29 is 18.1 Å². The van der Waals surface area contributed by atoms with Crippen molar-refractivity contribution in [2.45, 2.75) is 52.1 Å². The zero-order chi connectivity index (χ0) is 14.4. The lowest BCUT2D eigenvalue weighted by molar-refractivity contribution is 0.00578.